The number of carbonyl (C=O) groups is 2. The van der Waals surface area contributed by atoms with Crippen LogP contribution in [0.1, 0.15) is 79.6 Å². The van der Waals surface area contributed by atoms with Gasteiger partial charge in [-0.05, 0) is 68.1 Å². The zero-order valence-electron chi connectivity index (χ0n) is 19.5. The van der Waals surface area contributed by atoms with Crippen LogP contribution < -0.4 is 0 Å². The van der Waals surface area contributed by atoms with Gasteiger partial charge in [0, 0.05) is 13.0 Å². The zero-order chi connectivity index (χ0) is 22.5. The fourth-order valence-corrected chi connectivity index (χ4v) is 5.93. The van der Waals surface area contributed by atoms with Crippen LogP contribution in [0.3, 0.4) is 0 Å². The lowest BCUT2D eigenvalue weighted by molar-refractivity contribution is -0.148. The second-order valence-corrected chi connectivity index (χ2v) is 10.3. The first-order chi connectivity index (χ1) is 14.0. The molecule has 0 saturated heterocycles. The minimum Gasteiger partial charge on any atom is -0.463 e. The van der Waals surface area contributed by atoms with Crippen molar-refractivity contribution in [3.63, 3.8) is 0 Å². The van der Waals surface area contributed by atoms with Crippen LogP contribution in [0.5, 0.6) is 0 Å². The van der Waals surface area contributed by atoms with E-state index in [-0.39, 0.29) is 13.2 Å². The fourth-order valence-electron chi connectivity index (χ4n) is 5.93. The Hall–Kier alpha value is -1.62. The molecule has 2 rings (SSSR count). The maximum atomic E-state index is 12.1. The molecule has 0 aliphatic heterocycles. The molecule has 0 heterocycles. The fraction of sp³-hybridized carbons (Fsp3) is 0.760. The number of hydrogen-bond donors (Lipinski definition) is 1. The number of hydrogen-bond acceptors (Lipinski definition) is 5. The van der Waals surface area contributed by atoms with E-state index in [2.05, 4.69) is 27.4 Å². The molecule has 0 aromatic heterocycles. The van der Waals surface area contributed by atoms with Gasteiger partial charge in [0.25, 0.3) is 0 Å². The van der Waals surface area contributed by atoms with Crippen LogP contribution in [0.2, 0.25) is 0 Å². The van der Waals surface area contributed by atoms with E-state index in [0.29, 0.717) is 16.7 Å². The minimum absolute atomic E-state index is 0.175. The van der Waals surface area contributed by atoms with Gasteiger partial charge >= 0.3 is 11.9 Å². The Morgan fingerprint density at radius 2 is 1.87 bits per heavy atom. The number of allylic oxidation sites excluding steroid dienone is 2. The lowest BCUT2D eigenvalue weighted by atomic mass is 9.47. The second kappa shape index (κ2) is 10.1. The Labute approximate surface area is 181 Å². The van der Waals surface area contributed by atoms with Crippen LogP contribution in [0, 0.1) is 22.7 Å². The summed E-state index contributed by atoms with van der Waals surface area (Å²) >= 11 is 0. The van der Waals surface area contributed by atoms with Gasteiger partial charge in [-0.25, -0.2) is 4.79 Å². The third-order valence-corrected chi connectivity index (χ3v) is 7.41. The molecule has 0 bridgehead atoms. The van der Waals surface area contributed by atoms with Gasteiger partial charge in [-0.3, -0.25) is 4.79 Å². The summed E-state index contributed by atoms with van der Waals surface area (Å²) < 4.78 is 9.77. The van der Waals surface area contributed by atoms with E-state index in [1.54, 1.807) is 0 Å². The maximum absolute atomic E-state index is 12.1. The standard InChI is InChI=1S/C25H40O5/c1-17(14-23(28)30-16-20(27)15-29-19(3)26)8-10-21-18(2)9-11-22-24(4,5)12-7-13-25(21,22)6/h14,20-22,27H,2,7-13,15-16H2,1,3-6H3/b17-14+/t20-,21?,22?,25-/m0/s1. The summed E-state index contributed by atoms with van der Waals surface area (Å²) in [7, 11) is 0. The van der Waals surface area contributed by atoms with Gasteiger partial charge in [-0.1, -0.05) is 44.9 Å². The third-order valence-electron chi connectivity index (χ3n) is 7.41. The van der Waals surface area contributed by atoms with Crippen LogP contribution in [-0.4, -0.2) is 36.4 Å². The molecular weight excluding hydrogens is 380 g/mol. The lowest BCUT2D eigenvalue weighted by Crippen LogP contribution is -2.49. The molecule has 2 saturated carbocycles. The van der Waals surface area contributed by atoms with Gasteiger partial charge < -0.3 is 14.6 Å². The van der Waals surface area contributed by atoms with Crippen molar-refractivity contribution in [1.82, 2.24) is 0 Å². The van der Waals surface area contributed by atoms with Crippen molar-refractivity contribution < 1.29 is 24.2 Å². The van der Waals surface area contributed by atoms with E-state index in [0.717, 1.165) is 30.8 Å². The molecule has 0 amide bonds. The topological polar surface area (TPSA) is 72.8 Å². The quantitative estimate of drug-likeness (QED) is 0.341. The molecule has 5 nitrogen and oxygen atoms in total. The molecule has 30 heavy (non-hydrogen) atoms. The SMILES string of the molecule is C=C1CCC2C(C)(C)CCC[C@@]2(C)C1CC/C(C)=C/C(=O)OC[C@@H](O)COC(C)=O. The van der Waals surface area contributed by atoms with Gasteiger partial charge in [0.15, 0.2) is 0 Å². The molecule has 2 unspecified atom stereocenters. The summed E-state index contributed by atoms with van der Waals surface area (Å²) in [6, 6.07) is 0. The highest BCUT2D eigenvalue weighted by molar-refractivity contribution is 5.82. The molecule has 0 aromatic carbocycles. The van der Waals surface area contributed by atoms with E-state index in [1.165, 1.54) is 44.3 Å². The first-order valence-electron chi connectivity index (χ1n) is 11.3. The van der Waals surface area contributed by atoms with Crippen molar-refractivity contribution in [2.24, 2.45) is 22.7 Å². The molecule has 2 aliphatic carbocycles. The van der Waals surface area contributed by atoms with Crippen molar-refractivity contribution in [3.8, 4) is 0 Å². The summed E-state index contributed by atoms with van der Waals surface area (Å²) in [6.07, 6.45) is 8.54. The number of aliphatic hydroxyl groups is 1. The normalized spacial score (nSPS) is 29.7. The van der Waals surface area contributed by atoms with Gasteiger partial charge in [0.2, 0.25) is 0 Å². The minimum atomic E-state index is -1.01. The average molecular weight is 421 g/mol. The third kappa shape index (κ3) is 6.19. The molecule has 4 atom stereocenters. The molecule has 5 heteroatoms. The predicted molar refractivity (Wildman–Crippen MR) is 118 cm³/mol. The highest BCUT2D eigenvalue weighted by Gasteiger charge is 2.52. The van der Waals surface area contributed by atoms with Gasteiger partial charge in [-0.2, -0.15) is 0 Å². The molecule has 0 aromatic rings. The van der Waals surface area contributed by atoms with Crippen LogP contribution in [-0.2, 0) is 19.1 Å². The van der Waals surface area contributed by atoms with E-state index < -0.39 is 18.0 Å². The Bertz CT molecular complexity index is 677. The largest absolute Gasteiger partial charge is 0.463 e. The highest BCUT2D eigenvalue weighted by Crippen LogP contribution is 2.61. The monoisotopic (exact) mass is 420 g/mol. The van der Waals surface area contributed by atoms with Crippen LogP contribution in [0.25, 0.3) is 0 Å². The molecule has 0 radical (unpaired) electrons. The van der Waals surface area contributed by atoms with Gasteiger partial charge in [0.1, 0.15) is 19.3 Å². The number of fused-ring (bicyclic) bond motifs is 1. The molecule has 2 aliphatic rings. The van der Waals surface area contributed by atoms with Gasteiger partial charge in [0.05, 0.1) is 0 Å². The zero-order valence-corrected chi connectivity index (χ0v) is 19.5. The molecule has 0 spiro atoms. The van der Waals surface area contributed by atoms with Crippen molar-refractivity contribution in [3.05, 3.63) is 23.8 Å². The summed E-state index contributed by atoms with van der Waals surface area (Å²) in [4.78, 5) is 22.8. The van der Waals surface area contributed by atoms with Crippen molar-refractivity contribution in [2.75, 3.05) is 13.2 Å². The highest BCUT2D eigenvalue weighted by atomic mass is 16.6. The second-order valence-electron chi connectivity index (χ2n) is 10.3. The summed E-state index contributed by atoms with van der Waals surface area (Å²) in [5.41, 5.74) is 3.02. The van der Waals surface area contributed by atoms with Crippen molar-refractivity contribution >= 4 is 11.9 Å². The predicted octanol–water partition coefficient (Wildman–Crippen LogP) is 4.98. The maximum Gasteiger partial charge on any atom is 0.330 e. The average Bonchev–Trinajstić information content (AvgIpc) is 2.63. The smallest absolute Gasteiger partial charge is 0.330 e. The molecule has 2 fully saturated rings. The van der Waals surface area contributed by atoms with Crippen LogP contribution in [0.4, 0.5) is 0 Å². The number of esters is 2. The molecular formula is C25H40O5. The van der Waals surface area contributed by atoms with Crippen LogP contribution >= 0.6 is 0 Å². The Morgan fingerprint density at radius 1 is 1.20 bits per heavy atom. The molecule has 170 valence electrons. The van der Waals surface area contributed by atoms with Crippen LogP contribution in [0.15, 0.2) is 23.8 Å². The van der Waals surface area contributed by atoms with E-state index in [4.69, 9.17) is 9.47 Å². The summed E-state index contributed by atoms with van der Waals surface area (Å²) in [6.45, 7) is 14.6. The van der Waals surface area contributed by atoms with E-state index >= 15 is 0 Å². The number of ether oxygens (including phenoxy) is 2. The Kier molecular flexibility index (Phi) is 8.32. The Morgan fingerprint density at radius 3 is 2.53 bits per heavy atom. The van der Waals surface area contributed by atoms with Crippen molar-refractivity contribution in [1.29, 1.82) is 0 Å². The van der Waals surface area contributed by atoms with Crippen molar-refractivity contribution in [2.45, 2.75) is 85.7 Å². The molecule has 1 N–H and O–H groups in total. The van der Waals surface area contributed by atoms with E-state index in [9.17, 15) is 14.7 Å². The lowest BCUT2D eigenvalue weighted by Gasteiger charge is -2.58. The first kappa shape index (κ1) is 24.6. The summed E-state index contributed by atoms with van der Waals surface area (Å²) in [5.74, 6) is 0.264. The number of aliphatic hydroxyl groups excluding tert-OH is 1. The van der Waals surface area contributed by atoms with E-state index in [1.807, 2.05) is 6.92 Å². The number of rotatable bonds is 8. The Balaban J connectivity index is 1.90. The van der Waals surface area contributed by atoms with Gasteiger partial charge in [-0.15, -0.1) is 0 Å². The summed E-state index contributed by atoms with van der Waals surface area (Å²) in [5, 5.41) is 9.68. The first-order valence-corrected chi connectivity index (χ1v) is 11.3. The number of carbonyl (C=O) groups excluding carboxylic acids is 2.